The summed E-state index contributed by atoms with van der Waals surface area (Å²) in [4.78, 5) is 0. The maximum atomic E-state index is 5.65. The second-order valence-electron chi connectivity index (χ2n) is 3.50. The van der Waals surface area contributed by atoms with E-state index in [2.05, 4.69) is 15.5 Å². The standard InChI is InChI=1S/C11H9N5O/c12-11-10(7-14-17-11)8-1-3-9(4-2-8)16-6-5-13-15-16/h1-7H,12H2. The van der Waals surface area contributed by atoms with Crippen LogP contribution in [0.2, 0.25) is 0 Å². The van der Waals surface area contributed by atoms with E-state index in [0.29, 0.717) is 5.88 Å². The van der Waals surface area contributed by atoms with Crippen LogP contribution in [0.3, 0.4) is 0 Å². The lowest BCUT2D eigenvalue weighted by Crippen LogP contribution is -1.94. The second kappa shape index (κ2) is 3.75. The van der Waals surface area contributed by atoms with Gasteiger partial charge < -0.3 is 10.3 Å². The molecule has 0 aliphatic rings. The van der Waals surface area contributed by atoms with Gasteiger partial charge in [-0.2, -0.15) is 0 Å². The van der Waals surface area contributed by atoms with Gasteiger partial charge in [-0.25, -0.2) is 4.68 Å². The third-order valence-electron chi connectivity index (χ3n) is 2.46. The van der Waals surface area contributed by atoms with Gasteiger partial charge in [0.15, 0.2) is 0 Å². The van der Waals surface area contributed by atoms with Crippen LogP contribution in [0.1, 0.15) is 0 Å². The molecule has 0 spiro atoms. The number of rotatable bonds is 2. The minimum Gasteiger partial charge on any atom is -0.367 e. The van der Waals surface area contributed by atoms with Crippen molar-refractivity contribution >= 4 is 5.88 Å². The maximum absolute atomic E-state index is 5.65. The van der Waals surface area contributed by atoms with Crippen molar-refractivity contribution in [1.82, 2.24) is 20.2 Å². The van der Waals surface area contributed by atoms with Crippen molar-refractivity contribution in [2.24, 2.45) is 0 Å². The molecule has 0 amide bonds. The van der Waals surface area contributed by atoms with Crippen LogP contribution in [-0.4, -0.2) is 20.2 Å². The Balaban J connectivity index is 1.99. The number of nitrogens with two attached hydrogens (primary N) is 1. The van der Waals surface area contributed by atoms with Crippen LogP contribution in [0.4, 0.5) is 5.88 Å². The van der Waals surface area contributed by atoms with E-state index in [4.69, 9.17) is 10.3 Å². The van der Waals surface area contributed by atoms with Crippen molar-refractivity contribution < 1.29 is 4.52 Å². The molecule has 0 saturated carbocycles. The summed E-state index contributed by atoms with van der Waals surface area (Å²) in [5.41, 5.74) is 8.32. The maximum Gasteiger partial charge on any atom is 0.229 e. The zero-order valence-electron chi connectivity index (χ0n) is 8.82. The van der Waals surface area contributed by atoms with Gasteiger partial charge >= 0.3 is 0 Å². The van der Waals surface area contributed by atoms with Gasteiger partial charge in [0.2, 0.25) is 5.88 Å². The molecular formula is C11H9N5O. The Bertz CT molecular complexity index is 612. The van der Waals surface area contributed by atoms with Gasteiger partial charge in [-0.1, -0.05) is 22.5 Å². The fourth-order valence-corrected chi connectivity index (χ4v) is 1.61. The normalized spacial score (nSPS) is 10.6. The summed E-state index contributed by atoms with van der Waals surface area (Å²) in [6.07, 6.45) is 5.01. The summed E-state index contributed by atoms with van der Waals surface area (Å²) in [7, 11) is 0. The first kappa shape index (κ1) is 9.59. The summed E-state index contributed by atoms with van der Waals surface area (Å²) >= 11 is 0. The Morgan fingerprint density at radius 2 is 2.00 bits per heavy atom. The van der Waals surface area contributed by atoms with Crippen molar-refractivity contribution in [2.45, 2.75) is 0 Å². The first-order valence-corrected chi connectivity index (χ1v) is 5.02. The molecule has 0 radical (unpaired) electrons. The lowest BCUT2D eigenvalue weighted by molar-refractivity contribution is 0.436. The third kappa shape index (κ3) is 1.65. The molecule has 2 heterocycles. The molecule has 0 saturated heterocycles. The van der Waals surface area contributed by atoms with E-state index in [0.717, 1.165) is 16.8 Å². The lowest BCUT2D eigenvalue weighted by Gasteiger charge is -2.01. The molecule has 6 nitrogen and oxygen atoms in total. The second-order valence-corrected chi connectivity index (χ2v) is 3.50. The quantitative estimate of drug-likeness (QED) is 0.717. The van der Waals surface area contributed by atoms with Crippen molar-refractivity contribution in [2.75, 3.05) is 5.73 Å². The van der Waals surface area contributed by atoms with Crippen molar-refractivity contribution in [3.05, 3.63) is 42.9 Å². The molecule has 0 fully saturated rings. The highest BCUT2D eigenvalue weighted by Crippen LogP contribution is 2.25. The third-order valence-corrected chi connectivity index (χ3v) is 2.46. The van der Waals surface area contributed by atoms with Gasteiger partial charge in [-0.3, -0.25) is 0 Å². The molecule has 1 aromatic carbocycles. The molecule has 2 N–H and O–H groups in total. The van der Waals surface area contributed by atoms with Gasteiger partial charge in [0, 0.05) is 0 Å². The fraction of sp³-hybridized carbons (Fsp3) is 0. The van der Waals surface area contributed by atoms with Gasteiger partial charge in [-0.15, -0.1) is 5.10 Å². The number of aromatic nitrogens is 4. The molecule has 0 unspecified atom stereocenters. The number of hydrogen-bond donors (Lipinski definition) is 1. The molecule has 84 valence electrons. The highest BCUT2D eigenvalue weighted by molar-refractivity contribution is 5.72. The van der Waals surface area contributed by atoms with Crippen LogP contribution >= 0.6 is 0 Å². The van der Waals surface area contributed by atoms with E-state index in [9.17, 15) is 0 Å². The average molecular weight is 227 g/mol. The largest absolute Gasteiger partial charge is 0.367 e. The molecule has 0 atom stereocenters. The van der Waals surface area contributed by atoms with E-state index in [1.54, 1.807) is 23.3 Å². The van der Waals surface area contributed by atoms with Crippen LogP contribution in [-0.2, 0) is 0 Å². The van der Waals surface area contributed by atoms with E-state index in [1.807, 2.05) is 24.3 Å². The molecule has 3 aromatic rings. The summed E-state index contributed by atoms with van der Waals surface area (Å²) in [5, 5.41) is 11.3. The first-order valence-electron chi connectivity index (χ1n) is 5.02. The molecule has 0 bridgehead atoms. The molecule has 3 rings (SSSR count). The number of nitrogens with zero attached hydrogens (tertiary/aromatic N) is 4. The molecular weight excluding hydrogens is 218 g/mol. The molecule has 0 aliphatic heterocycles. The van der Waals surface area contributed by atoms with E-state index < -0.39 is 0 Å². The number of benzene rings is 1. The van der Waals surface area contributed by atoms with Crippen LogP contribution in [0.15, 0.2) is 47.4 Å². The number of anilines is 1. The molecule has 6 heteroatoms. The number of hydrogen-bond acceptors (Lipinski definition) is 5. The Kier molecular flexibility index (Phi) is 2.11. The van der Waals surface area contributed by atoms with Gasteiger partial charge in [0.25, 0.3) is 0 Å². The first-order chi connectivity index (χ1) is 8.34. The summed E-state index contributed by atoms with van der Waals surface area (Å²) in [5.74, 6) is 0.318. The zero-order valence-corrected chi connectivity index (χ0v) is 8.82. The Labute approximate surface area is 96.6 Å². The number of nitrogen functional groups attached to an aromatic ring is 1. The van der Waals surface area contributed by atoms with Crippen molar-refractivity contribution in [1.29, 1.82) is 0 Å². The summed E-state index contributed by atoms with van der Waals surface area (Å²) in [6, 6.07) is 7.72. The fourth-order valence-electron chi connectivity index (χ4n) is 1.61. The van der Waals surface area contributed by atoms with Crippen LogP contribution in [0.25, 0.3) is 16.8 Å². The SMILES string of the molecule is Nc1oncc1-c1ccc(-n2ccnn2)cc1. The summed E-state index contributed by atoms with van der Waals surface area (Å²) < 4.78 is 6.50. The summed E-state index contributed by atoms with van der Waals surface area (Å²) in [6.45, 7) is 0. The monoisotopic (exact) mass is 227 g/mol. The predicted molar refractivity (Wildman–Crippen MR) is 61.3 cm³/mol. The van der Waals surface area contributed by atoms with Crippen molar-refractivity contribution in [3.63, 3.8) is 0 Å². The van der Waals surface area contributed by atoms with Crippen LogP contribution in [0.5, 0.6) is 0 Å². The van der Waals surface area contributed by atoms with Crippen LogP contribution in [0, 0.1) is 0 Å². The minimum atomic E-state index is 0.318. The average Bonchev–Trinajstić information content (AvgIpc) is 3.00. The van der Waals surface area contributed by atoms with Gasteiger partial charge in [0.1, 0.15) is 0 Å². The predicted octanol–water partition coefficient (Wildman–Crippen LogP) is 1.50. The Morgan fingerprint density at radius 1 is 1.18 bits per heavy atom. The Hall–Kier alpha value is -2.63. The van der Waals surface area contributed by atoms with Crippen LogP contribution < -0.4 is 5.73 Å². The zero-order chi connectivity index (χ0) is 11.7. The van der Waals surface area contributed by atoms with E-state index in [-0.39, 0.29) is 0 Å². The molecule has 17 heavy (non-hydrogen) atoms. The van der Waals surface area contributed by atoms with Gasteiger partial charge in [-0.05, 0) is 17.7 Å². The topological polar surface area (TPSA) is 82.8 Å². The highest BCUT2D eigenvalue weighted by atomic mass is 16.5. The van der Waals surface area contributed by atoms with E-state index in [1.165, 1.54) is 0 Å². The van der Waals surface area contributed by atoms with E-state index >= 15 is 0 Å². The Morgan fingerprint density at radius 3 is 2.59 bits per heavy atom. The highest BCUT2D eigenvalue weighted by Gasteiger charge is 2.06. The lowest BCUT2D eigenvalue weighted by atomic mass is 10.1. The smallest absolute Gasteiger partial charge is 0.229 e. The molecule has 0 aliphatic carbocycles. The minimum absolute atomic E-state index is 0.318. The molecule has 2 aromatic heterocycles. The van der Waals surface area contributed by atoms with Crippen molar-refractivity contribution in [3.8, 4) is 16.8 Å². The van der Waals surface area contributed by atoms with Gasteiger partial charge in [0.05, 0.1) is 29.8 Å².